The van der Waals surface area contributed by atoms with E-state index in [1.807, 2.05) is 13.8 Å². The average Bonchev–Trinajstić information content (AvgIpc) is 3.01. The van der Waals surface area contributed by atoms with Crippen molar-refractivity contribution in [2.24, 2.45) is 0 Å². The third-order valence-corrected chi connectivity index (χ3v) is 20.5. The van der Waals surface area contributed by atoms with Crippen LogP contribution in [-0.4, -0.2) is 28.2 Å². The van der Waals surface area contributed by atoms with E-state index < -0.39 is 30.2 Å². The predicted molar refractivity (Wildman–Crippen MR) is 102 cm³/mol. The Labute approximate surface area is 155 Å². The van der Waals surface area contributed by atoms with Crippen LogP contribution in [0, 0.1) is 0 Å². The van der Waals surface area contributed by atoms with Crippen LogP contribution in [0.1, 0.15) is 84.9 Å². The molecule has 0 saturated carbocycles. The summed E-state index contributed by atoms with van der Waals surface area (Å²) in [6.45, 7) is 10.4. The molecule has 1 aromatic heterocycles. The summed E-state index contributed by atoms with van der Waals surface area (Å²) in [7, 11) is 0. The second-order valence-corrected chi connectivity index (χ2v) is 20.6. The first-order valence-corrected chi connectivity index (χ1v) is 17.4. The Morgan fingerprint density at radius 2 is 1.40 bits per heavy atom. The third kappa shape index (κ3) is 6.17. The molecule has 0 bridgehead atoms. The third-order valence-electron chi connectivity index (χ3n) is 5.09. The van der Waals surface area contributed by atoms with Crippen LogP contribution in [-0.2, 0) is 6.18 Å². The molecule has 1 rings (SSSR count). The van der Waals surface area contributed by atoms with Gasteiger partial charge in [0.2, 0.25) is 0 Å². The number of nitrogens with zero attached hydrogens (tertiary/aromatic N) is 2. The van der Waals surface area contributed by atoms with Gasteiger partial charge in [-0.05, 0) is 0 Å². The second-order valence-electron chi connectivity index (χ2n) is 7.54. The number of halogens is 3. The van der Waals surface area contributed by atoms with Crippen LogP contribution in [0.25, 0.3) is 0 Å². The summed E-state index contributed by atoms with van der Waals surface area (Å²) in [6, 6.07) is 1.41. The molecular weight excluding hydrogens is 432 g/mol. The standard InChI is InChI=1S/C7H8F3N2.3C4H9.Sn/c1-5(2)12-4-3-6(11-12)7(8,9)10;3*1-3-4-2;/h3,5H,1-2H3;3*1,3-4H2,2H3;. The van der Waals surface area contributed by atoms with E-state index in [1.165, 1.54) is 6.07 Å². The summed E-state index contributed by atoms with van der Waals surface area (Å²) in [5.74, 6) is 0. The van der Waals surface area contributed by atoms with Gasteiger partial charge in [-0.15, -0.1) is 0 Å². The van der Waals surface area contributed by atoms with Gasteiger partial charge in [-0.25, -0.2) is 0 Å². The van der Waals surface area contributed by atoms with Crippen molar-refractivity contribution < 1.29 is 13.2 Å². The number of aromatic nitrogens is 2. The summed E-state index contributed by atoms with van der Waals surface area (Å²) >= 11 is -2.92. The van der Waals surface area contributed by atoms with Crippen molar-refractivity contribution in [1.82, 2.24) is 9.78 Å². The first-order valence-electron chi connectivity index (χ1n) is 9.89. The van der Waals surface area contributed by atoms with Crippen molar-refractivity contribution >= 4 is 22.1 Å². The number of rotatable bonds is 11. The second kappa shape index (κ2) is 10.2. The van der Waals surface area contributed by atoms with E-state index in [4.69, 9.17) is 0 Å². The first-order chi connectivity index (χ1) is 11.7. The normalized spacial score (nSPS) is 13.0. The molecule has 0 aliphatic rings. The van der Waals surface area contributed by atoms with Gasteiger partial charge in [0.15, 0.2) is 0 Å². The van der Waals surface area contributed by atoms with E-state index in [1.54, 1.807) is 4.68 Å². The molecule has 0 aliphatic heterocycles. The van der Waals surface area contributed by atoms with Crippen molar-refractivity contribution in [3.63, 3.8) is 0 Å². The zero-order chi connectivity index (χ0) is 19.1. The van der Waals surface area contributed by atoms with Crippen molar-refractivity contribution in [3.8, 4) is 0 Å². The maximum absolute atomic E-state index is 13.3. The molecule has 0 fully saturated rings. The molecule has 0 spiro atoms. The molecular formula is C19H35F3N2Sn. The Kier molecular flexibility index (Phi) is 9.33. The molecule has 25 heavy (non-hydrogen) atoms. The molecule has 1 aromatic rings. The molecule has 1 heterocycles. The molecule has 0 radical (unpaired) electrons. The van der Waals surface area contributed by atoms with Gasteiger partial charge in [0, 0.05) is 0 Å². The molecule has 0 aliphatic carbocycles. The van der Waals surface area contributed by atoms with Crippen molar-refractivity contribution in [3.05, 3.63) is 11.8 Å². The van der Waals surface area contributed by atoms with Gasteiger partial charge in [0.05, 0.1) is 0 Å². The van der Waals surface area contributed by atoms with Crippen LogP contribution >= 0.6 is 0 Å². The van der Waals surface area contributed by atoms with Crippen LogP contribution in [0.2, 0.25) is 13.3 Å². The monoisotopic (exact) mass is 468 g/mol. The van der Waals surface area contributed by atoms with E-state index in [2.05, 4.69) is 25.9 Å². The van der Waals surface area contributed by atoms with Crippen molar-refractivity contribution in [1.29, 1.82) is 0 Å². The van der Waals surface area contributed by atoms with Crippen LogP contribution in [0.5, 0.6) is 0 Å². The number of hydrogen-bond donors (Lipinski definition) is 0. The van der Waals surface area contributed by atoms with Crippen LogP contribution in [0.3, 0.4) is 0 Å². The average molecular weight is 467 g/mol. The Balaban J connectivity index is 3.45. The van der Waals surface area contributed by atoms with Crippen LogP contribution < -0.4 is 3.71 Å². The molecule has 2 nitrogen and oxygen atoms in total. The molecule has 0 saturated heterocycles. The number of unbranched alkanes of at least 4 members (excludes halogenated alkanes) is 3. The zero-order valence-corrected chi connectivity index (χ0v) is 19.4. The molecule has 146 valence electrons. The Bertz CT molecular complexity index is 487. The molecule has 0 N–H and O–H groups in total. The Morgan fingerprint density at radius 1 is 0.960 bits per heavy atom. The molecule has 0 atom stereocenters. The SMILES string of the molecule is CCC[CH2][Sn]([CH2]CCC)([CH2]CCC)[c]1cc(C(F)(F)F)nn1C(C)C. The molecule has 0 unspecified atom stereocenters. The van der Waals surface area contributed by atoms with Gasteiger partial charge in [-0.1, -0.05) is 0 Å². The fourth-order valence-corrected chi connectivity index (χ4v) is 20.3. The topological polar surface area (TPSA) is 17.8 Å². The van der Waals surface area contributed by atoms with E-state index in [0.717, 1.165) is 55.5 Å². The molecule has 0 aromatic carbocycles. The summed E-state index contributed by atoms with van der Waals surface area (Å²) in [5, 5.41) is 4.02. The summed E-state index contributed by atoms with van der Waals surface area (Å²) in [6.07, 6.45) is 2.37. The van der Waals surface area contributed by atoms with Crippen LogP contribution in [0.4, 0.5) is 13.2 Å². The van der Waals surface area contributed by atoms with Gasteiger partial charge < -0.3 is 0 Å². The number of alkyl halides is 3. The predicted octanol–water partition coefficient (Wildman–Crippen LogP) is 6.54. The fraction of sp³-hybridized carbons (Fsp3) is 0.842. The number of hydrogen-bond acceptors (Lipinski definition) is 1. The maximum atomic E-state index is 13.3. The summed E-state index contributed by atoms with van der Waals surface area (Å²) in [4.78, 5) is 0. The van der Waals surface area contributed by atoms with Crippen molar-refractivity contribution in [2.45, 2.75) is 98.7 Å². The fourth-order valence-electron chi connectivity index (χ4n) is 3.63. The van der Waals surface area contributed by atoms with E-state index in [-0.39, 0.29) is 6.04 Å². The summed E-state index contributed by atoms with van der Waals surface area (Å²) < 4.78 is 46.2. The summed E-state index contributed by atoms with van der Waals surface area (Å²) in [5.41, 5.74) is -0.693. The van der Waals surface area contributed by atoms with Crippen molar-refractivity contribution in [2.75, 3.05) is 0 Å². The quantitative estimate of drug-likeness (QED) is 0.338. The van der Waals surface area contributed by atoms with Gasteiger partial charge in [-0.2, -0.15) is 0 Å². The van der Waals surface area contributed by atoms with Gasteiger partial charge in [0.25, 0.3) is 0 Å². The minimum atomic E-state index is -4.35. The van der Waals surface area contributed by atoms with Crippen LogP contribution in [0.15, 0.2) is 6.07 Å². The van der Waals surface area contributed by atoms with Gasteiger partial charge in [0.1, 0.15) is 0 Å². The Hall–Kier alpha value is -0.201. The molecule has 0 amide bonds. The minimum absolute atomic E-state index is 0.0212. The van der Waals surface area contributed by atoms with E-state index >= 15 is 0 Å². The molecule has 6 heteroatoms. The van der Waals surface area contributed by atoms with Gasteiger partial charge >= 0.3 is 155 Å². The van der Waals surface area contributed by atoms with E-state index in [9.17, 15) is 13.2 Å². The first kappa shape index (κ1) is 22.8. The van der Waals surface area contributed by atoms with E-state index in [0.29, 0.717) is 0 Å². The Morgan fingerprint density at radius 3 is 1.72 bits per heavy atom. The van der Waals surface area contributed by atoms with Gasteiger partial charge in [-0.3, -0.25) is 0 Å². The zero-order valence-electron chi connectivity index (χ0n) is 16.5.